The number of carbonyl (C=O) groups is 1. The number of ether oxygens (including phenoxy) is 1. The third-order valence-corrected chi connectivity index (χ3v) is 6.01. The zero-order valence-corrected chi connectivity index (χ0v) is 18.4. The standard InChI is InChI=1S/C22H34BNO4/c1-20(2,3)26-19(25)24-14-8-9-17(15-24)16-10-12-18(13-11-16)23-27-21(4,5)22(6,7)28-23/h10-13,17H,8-9,14-15H2,1-7H3. The van der Waals surface area contributed by atoms with Crippen LogP contribution in [0.2, 0.25) is 0 Å². The number of hydrogen-bond donors (Lipinski definition) is 0. The van der Waals surface area contributed by atoms with Gasteiger partial charge >= 0.3 is 13.2 Å². The van der Waals surface area contributed by atoms with Crippen LogP contribution in [0.15, 0.2) is 24.3 Å². The van der Waals surface area contributed by atoms with Crippen LogP contribution >= 0.6 is 0 Å². The van der Waals surface area contributed by atoms with Gasteiger partial charge in [-0.05, 0) is 72.3 Å². The van der Waals surface area contributed by atoms with E-state index >= 15 is 0 Å². The highest BCUT2D eigenvalue weighted by Crippen LogP contribution is 2.36. The topological polar surface area (TPSA) is 48.0 Å². The van der Waals surface area contributed by atoms with Gasteiger partial charge in [0.05, 0.1) is 11.2 Å². The molecule has 0 bridgehead atoms. The third-order valence-electron chi connectivity index (χ3n) is 6.01. The van der Waals surface area contributed by atoms with Crippen molar-refractivity contribution in [2.75, 3.05) is 13.1 Å². The molecule has 1 aromatic carbocycles. The van der Waals surface area contributed by atoms with Gasteiger partial charge < -0.3 is 18.9 Å². The number of benzene rings is 1. The van der Waals surface area contributed by atoms with E-state index in [4.69, 9.17) is 14.0 Å². The van der Waals surface area contributed by atoms with E-state index in [0.29, 0.717) is 12.5 Å². The molecule has 1 unspecified atom stereocenters. The molecule has 0 N–H and O–H groups in total. The van der Waals surface area contributed by atoms with E-state index in [1.807, 2.05) is 25.7 Å². The van der Waals surface area contributed by atoms with Crippen LogP contribution in [-0.2, 0) is 14.0 Å². The second-order valence-corrected chi connectivity index (χ2v) is 10.0. The molecule has 1 atom stereocenters. The fourth-order valence-electron chi connectivity index (χ4n) is 3.65. The zero-order chi connectivity index (χ0) is 20.7. The van der Waals surface area contributed by atoms with E-state index in [-0.39, 0.29) is 24.4 Å². The Morgan fingerprint density at radius 2 is 1.68 bits per heavy atom. The third kappa shape index (κ3) is 4.55. The van der Waals surface area contributed by atoms with Crippen LogP contribution in [0.25, 0.3) is 0 Å². The first-order valence-corrected chi connectivity index (χ1v) is 10.3. The molecule has 2 aliphatic heterocycles. The normalized spacial score (nSPS) is 24.3. The minimum absolute atomic E-state index is 0.217. The summed E-state index contributed by atoms with van der Waals surface area (Å²) in [6.07, 6.45) is 1.85. The molecule has 0 radical (unpaired) electrons. The first-order chi connectivity index (χ1) is 12.9. The van der Waals surface area contributed by atoms with Crippen LogP contribution in [0, 0.1) is 0 Å². The molecule has 2 heterocycles. The number of amides is 1. The van der Waals surface area contributed by atoms with E-state index in [9.17, 15) is 4.79 Å². The molecular formula is C22H34BNO4. The number of rotatable bonds is 2. The summed E-state index contributed by atoms with van der Waals surface area (Å²) in [6, 6.07) is 8.46. The van der Waals surface area contributed by atoms with E-state index in [1.54, 1.807) is 0 Å². The summed E-state index contributed by atoms with van der Waals surface area (Å²) in [5, 5.41) is 0. The number of carbonyl (C=O) groups excluding carboxylic acids is 1. The summed E-state index contributed by atoms with van der Waals surface area (Å²) < 4.78 is 17.8. The van der Waals surface area contributed by atoms with Crippen molar-refractivity contribution < 1.29 is 18.8 Å². The van der Waals surface area contributed by atoms with Gasteiger partial charge in [-0.15, -0.1) is 0 Å². The Bertz CT molecular complexity index is 692. The Morgan fingerprint density at radius 1 is 1.11 bits per heavy atom. The van der Waals surface area contributed by atoms with Crippen molar-refractivity contribution in [3.05, 3.63) is 29.8 Å². The Balaban J connectivity index is 1.66. The number of hydrogen-bond acceptors (Lipinski definition) is 4. The smallest absolute Gasteiger partial charge is 0.444 e. The van der Waals surface area contributed by atoms with Gasteiger partial charge in [-0.1, -0.05) is 24.3 Å². The maximum atomic E-state index is 12.4. The van der Waals surface area contributed by atoms with Gasteiger partial charge in [0, 0.05) is 19.0 Å². The molecule has 154 valence electrons. The molecule has 0 spiro atoms. The number of likely N-dealkylation sites (tertiary alicyclic amines) is 1. The lowest BCUT2D eigenvalue weighted by Gasteiger charge is -2.34. The average molecular weight is 387 g/mol. The van der Waals surface area contributed by atoms with Crippen molar-refractivity contribution in [1.29, 1.82) is 0 Å². The molecule has 3 rings (SSSR count). The minimum atomic E-state index is -0.464. The van der Waals surface area contributed by atoms with Crippen molar-refractivity contribution in [2.24, 2.45) is 0 Å². The monoisotopic (exact) mass is 387 g/mol. The average Bonchev–Trinajstić information content (AvgIpc) is 2.81. The van der Waals surface area contributed by atoms with Gasteiger partial charge in [0.1, 0.15) is 5.60 Å². The van der Waals surface area contributed by atoms with Gasteiger partial charge in [0.25, 0.3) is 0 Å². The molecule has 28 heavy (non-hydrogen) atoms. The second kappa shape index (κ2) is 7.38. The highest BCUT2D eigenvalue weighted by molar-refractivity contribution is 6.62. The minimum Gasteiger partial charge on any atom is -0.444 e. The van der Waals surface area contributed by atoms with Crippen molar-refractivity contribution >= 4 is 18.7 Å². The van der Waals surface area contributed by atoms with E-state index in [0.717, 1.165) is 24.8 Å². The van der Waals surface area contributed by atoms with Crippen LogP contribution < -0.4 is 5.46 Å². The van der Waals surface area contributed by atoms with Crippen molar-refractivity contribution in [2.45, 2.75) is 84.0 Å². The van der Waals surface area contributed by atoms with Crippen LogP contribution in [0.1, 0.15) is 72.8 Å². The summed E-state index contributed by atoms with van der Waals surface area (Å²) in [7, 11) is -0.344. The summed E-state index contributed by atoms with van der Waals surface area (Å²) in [4.78, 5) is 14.2. The molecule has 0 aliphatic carbocycles. The Labute approximate surface area is 169 Å². The first-order valence-electron chi connectivity index (χ1n) is 10.3. The van der Waals surface area contributed by atoms with Crippen molar-refractivity contribution in [3.63, 3.8) is 0 Å². The largest absolute Gasteiger partial charge is 0.494 e. The summed E-state index contributed by atoms with van der Waals surface area (Å²) in [6.45, 7) is 15.4. The van der Waals surface area contributed by atoms with E-state index < -0.39 is 5.60 Å². The second-order valence-electron chi connectivity index (χ2n) is 10.0. The lowest BCUT2D eigenvalue weighted by molar-refractivity contribution is 0.00578. The SMILES string of the molecule is CC(C)(C)OC(=O)N1CCCC(c2ccc(B3OC(C)(C)C(C)(C)O3)cc2)C1. The lowest BCUT2D eigenvalue weighted by atomic mass is 9.78. The maximum absolute atomic E-state index is 12.4. The van der Waals surface area contributed by atoms with Crippen LogP contribution in [0.4, 0.5) is 4.79 Å². The Kier molecular flexibility index (Phi) is 5.58. The molecule has 1 aromatic rings. The van der Waals surface area contributed by atoms with E-state index in [1.165, 1.54) is 5.56 Å². The first kappa shape index (κ1) is 21.2. The van der Waals surface area contributed by atoms with Gasteiger partial charge in [-0.3, -0.25) is 0 Å². The summed E-state index contributed by atoms with van der Waals surface area (Å²) >= 11 is 0. The number of piperidine rings is 1. The van der Waals surface area contributed by atoms with Gasteiger partial charge in [-0.2, -0.15) is 0 Å². The predicted molar refractivity (Wildman–Crippen MR) is 112 cm³/mol. The zero-order valence-electron chi connectivity index (χ0n) is 18.4. The quantitative estimate of drug-likeness (QED) is 0.717. The molecule has 2 saturated heterocycles. The molecule has 0 aromatic heterocycles. The van der Waals surface area contributed by atoms with Crippen molar-refractivity contribution in [3.8, 4) is 0 Å². The molecule has 0 saturated carbocycles. The summed E-state index contributed by atoms with van der Waals surface area (Å²) in [5.74, 6) is 0.327. The predicted octanol–water partition coefficient (Wildman–Crippen LogP) is 4.10. The fraction of sp³-hybridized carbons (Fsp3) is 0.682. The Hall–Kier alpha value is -1.53. The molecule has 1 amide bonds. The van der Waals surface area contributed by atoms with Crippen LogP contribution in [0.5, 0.6) is 0 Å². The Morgan fingerprint density at radius 3 is 2.21 bits per heavy atom. The van der Waals surface area contributed by atoms with Gasteiger partial charge in [-0.25, -0.2) is 4.79 Å². The van der Waals surface area contributed by atoms with E-state index in [2.05, 4.69) is 52.0 Å². The molecule has 6 heteroatoms. The van der Waals surface area contributed by atoms with Crippen molar-refractivity contribution in [1.82, 2.24) is 4.90 Å². The summed E-state index contributed by atoms with van der Waals surface area (Å²) in [5.41, 5.74) is 1.13. The number of nitrogens with zero attached hydrogens (tertiary/aromatic N) is 1. The van der Waals surface area contributed by atoms with Crippen LogP contribution in [0.3, 0.4) is 0 Å². The molecule has 2 fully saturated rings. The lowest BCUT2D eigenvalue weighted by Crippen LogP contribution is -2.42. The maximum Gasteiger partial charge on any atom is 0.494 e. The van der Waals surface area contributed by atoms with Gasteiger partial charge in [0.2, 0.25) is 0 Å². The molecule has 2 aliphatic rings. The van der Waals surface area contributed by atoms with Gasteiger partial charge in [0.15, 0.2) is 0 Å². The van der Waals surface area contributed by atoms with Crippen LogP contribution in [-0.4, -0.2) is 48.0 Å². The highest BCUT2D eigenvalue weighted by Gasteiger charge is 2.51. The molecule has 5 nitrogen and oxygen atoms in total. The fourth-order valence-corrected chi connectivity index (χ4v) is 3.65. The highest BCUT2D eigenvalue weighted by atomic mass is 16.7. The molecular weight excluding hydrogens is 353 g/mol.